The second kappa shape index (κ2) is 16.5. The van der Waals surface area contributed by atoms with E-state index in [1.807, 2.05) is 54.3 Å². The summed E-state index contributed by atoms with van der Waals surface area (Å²) in [6.07, 6.45) is 9.19. The van der Waals surface area contributed by atoms with Crippen LogP contribution < -0.4 is 15.6 Å². The average Bonchev–Trinajstić information content (AvgIpc) is 3.75. The third-order valence-electron chi connectivity index (χ3n) is 13.0. The molecule has 4 fully saturated rings. The Bertz CT molecular complexity index is 2290. The van der Waals surface area contributed by atoms with Gasteiger partial charge in [0.15, 0.2) is 22.5 Å². The highest BCUT2D eigenvalue weighted by molar-refractivity contribution is 7.22. The Morgan fingerprint density at radius 2 is 1.78 bits per heavy atom. The molecule has 0 spiro atoms. The minimum Gasteiger partial charge on any atom is -0.476 e. The van der Waals surface area contributed by atoms with Crippen LogP contribution in [-0.4, -0.2) is 100 Å². The largest absolute Gasteiger partial charge is 0.476 e. The van der Waals surface area contributed by atoms with Crippen molar-refractivity contribution in [2.24, 2.45) is 21.4 Å². The zero-order valence-electron chi connectivity index (χ0n) is 35.8. The highest BCUT2D eigenvalue weighted by Gasteiger charge is 2.66. The van der Waals surface area contributed by atoms with E-state index in [4.69, 9.17) is 15.3 Å². The summed E-state index contributed by atoms with van der Waals surface area (Å²) in [5.74, 6) is 0.532. The molecule has 3 N–H and O–H groups in total. The molecule has 16 heteroatoms. The lowest BCUT2D eigenvalue weighted by Crippen LogP contribution is -2.66. The molecule has 5 aliphatic rings. The minimum atomic E-state index is -1.09. The van der Waals surface area contributed by atoms with Crippen LogP contribution in [0.15, 0.2) is 53.3 Å². The van der Waals surface area contributed by atoms with E-state index in [1.165, 1.54) is 19.3 Å². The molecule has 318 valence electrons. The van der Waals surface area contributed by atoms with Gasteiger partial charge in [0.05, 0.1) is 22.4 Å². The molecule has 0 radical (unpaired) electrons. The second-order valence-corrected chi connectivity index (χ2v) is 19.9. The van der Waals surface area contributed by atoms with Gasteiger partial charge in [-0.2, -0.15) is 0 Å². The van der Waals surface area contributed by atoms with Crippen LogP contribution in [0.25, 0.3) is 26.2 Å². The van der Waals surface area contributed by atoms with Gasteiger partial charge in [-0.1, -0.05) is 48.9 Å². The van der Waals surface area contributed by atoms with Gasteiger partial charge in [0.1, 0.15) is 5.82 Å². The molecule has 4 aliphatic carbocycles. The number of carboxylic acid groups (broad SMARTS) is 1. The second-order valence-electron chi connectivity index (χ2n) is 18.9. The number of pyridine rings is 1. The number of hydrogen-bond acceptors (Lipinski definition) is 13. The molecule has 1 aliphatic heterocycles. The predicted molar refractivity (Wildman–Crippen MR) is 237 cm³/mol. The van der Waals surface area contributed by atoms with Crippen LogP contribution in [0.1, 0.15) is 100 Å². The highest BCUT2D eigenvalue weighted by atomic mass is 32.1. The summed E-state index contributed by atoms with van der Waals surface area (Å²) in [5, 5.41) is 29.9. The zero-order chi connectivity index (χ0) is 42.3. The summed E-state index contributed by atoms with van der Waals surface area (Å²) >= 11 is 1.55. The summed E-state index contributed by atoms with van der Waals surface area (Å²) in [4.78, 5) is 29.6. The van der Waals surface area contributed by atoms with Crippen molar-refractivity contribution in [2.45, 2.75) is 91.1 Å². The first-order valence-electron chi connectivity index (χ1n) is 21.2. The van der Waals surface area contributed by atoms with E-state index in [2.05, 4.69) is 80.7 Å². The van der Waals surface area contributed by atoms with Crippen molar-refractivity contribution in [3.8, 4) is 0 Å². The number of likely N-dealkylation sites (N-methyl/N-ethyl adjacent to an activating group) is 1. The van der Waals surface area contributed by atoms with Gasteiger partial charge in [0.2, 0.25) is 0 Å². The van der Waals surface area contributed by atoms with Gasteiger partial charge in [-0.25, -0.2) is 20.2 Å². The maximum Gasteiger partial charge on any atom is 0.355 e. The van der Waals surface area contributed by atoms with Crippen molar-refractivity contribution in [2.75, 3.05) is 63.6 Å². The predicted octanol–water partition coefficient (Wildman–Crippen LogP) is 9.10. The van der Waals surface area contributed by atoms with Crippen LogP contribution in [0.5, 0.6) is 0 Å². The number of rotatable bonds is 18. The molecule has 4 heterocycles. The molecule has 4 bridgehead atoms. The van der Waals surface area contributed by atoms with Crippen molar-refractivity contribution >= 4 is 55.7 Å². The molecule has 0 saturated heterocycles. The molecule has 60 heavy (non-hydrogen) atoms. The number of allylic oxidation sites excluding steroid dienone is 1. The maximum atomic E-state index is 13.1. The van der Waals surface area contributed by atoms with E-state index in [-0.39, 0.29) is 27.5 Å². The van der Waals surface area contributed by atoms with E-state index in [9.17, 15) is 9.90 Å². The molecule has 0 amide bonds. The summed E-state index contributed by atoms with van der Waals surface area (Å²) in [6, 6.07) is 13.7. The number of para-hydroxylation sites is 1. The number of unbranched alkanes of at least 4 members (excludes halogenated alkanes) is 2. The van der Waals surface area contributed by atoms with Crippen LogP contribution in [0.3, 0.4) is 0 Å². The third kappa shape index (κ3) is 8.66. The Morgan fingerprint density at radius 3 is 2.50 bits per heavy atom. The van der Waals surface area contributed by atoms with Gasteiger partial charge in [0, 0.05) is 48.9 Å². The number of aromatic nitrogens is 4. The van der Waals surface area contributed by atoms with Gasteiger partial charge >= 0.3 is 5.97 Å². The number of thiazole rings is 1. The lowest BCUT2D eigenvalue weighted by atomic mass is 9.39. The zero-order valence-corrected chi connectivity index (χ0v) is 36.6. The molecule has 9 rings (SSSR count). The number of ether oxygens (including phenoxy) is 1. The monoisotopic (exact) mass is 834 g/mol. The normalized spacial score (nSPS) is 25.7. The quantitative estimate of drug-likeness (QED) is 0.0375. The van der Waals surface area contributed by atoms with Gasteiger partial charge in [0.25, 0.3) is 0 Å². The van der Waals surface area contributed by atoms with Crippen LogP contribution in [0.4, 0.5) is 22.6 Å². The molecular formula is C44H58N12O3S. The van der Waals surface area contributed by atoms with Crippen LogP contribution in [-0.2, 0) is 4.74 Å². The summed E-state index contributed by atoms with van der Waals surface area (Å²) < 4.78 is 7.96. The molecule has 4 saturated carbocycles. The van der Waals surface area contributed by atoms with Crippen molar-refractivity contribution in [3.63, 3.8) is 0 Å². The average molecular weight is 835 g/mol. The number of carboxylic acids is 1. The fourth-order valence-electron chi connectivity index (χ4n) is 11.8. The van der Waals surface area contributed by atoms with E-state index in [0.29, 0.717) is 42.7 Å². The number of aromatic carboxylic acids is 1. The Kier molecular flexibility index (Phi) is 11.5. The number of aryl methyl sites for hydroxylation is 1. The van der Waals surface area contributed by atoms with E-state index in [1.54, 1.807) is 11.3 Å². The van der Waals surface area contributed by atoms with Crippen LogP contribution in [0.2, 0.25) is 0 Å². The van der Waals surface area contributed by atoms with Gasteiger partial charge in [-0.3, -0.25) is 0 Å². The highest BCUT2D eigenvalue weighted by Crippen LogP contribution is 2.71. The first-order chi connectivity index (χ1) is 28.7. The number of carbonyl (C=O) groups is 1. The Hall–Kier alpha value is -4.86. The van der Waals surface area contributed by atoms with Gasteiger partial charge in [-0.05, 0) is 143 Å². The fourth-order valence-corrected chi connectivity index (χ4v) is 12.6. The fraction of sp³-hybridized carbons (Fsp3) is 0.568. The molecule has 2 atom stereocenters. The number of anilines is 4. The Morgan fingerprint density at radius 1 is 1.00 bits per heavy atom. The van der Waals surface area contributed by atoms with Crippen molar-refractivity contribution in [3.05, 3.63) is 75.4 Å². The first-order valence-corrected chi connectivity index (χ1v) is 22.0. The number of hydrazine groups is 1. The molecule has 4 aromatic rings. The third-order valence-corrected chi connectivity index (χ3v) is 14.0. The van der Waals surface area contributed by atoms with E-state index in [0.717, 1.165) is 90.4 Å². The van der Waals surface area contributed by atoms with Crippen molar-refractivity contribution < 1.29 is 14.6 Å². The minimum absolute atomic E-state index is 0.000679. The van der Waals surface area contributed by atoms with Crippen LogP contribution in [0, 0.1) is 23.2 Å². The summed E-state index contributed by atoms with van der Waals surface area (Å²) in [6.45, 7) is 13.0. The number of benzene rings is 1. The molecule has 2 unspecified atom stereocenters. The summed E-state index contributed by atoms with van der Waals surface area (Å²) in [7, 11) is 4.20. The number of azide groups is 1. The summed E-state index contributed by atoms with van der Waals surface area (Å²) in [5.41, 5.74) is 17.2. The smallest absolute Gasteiger partial charge is 0.355 e. The molecular weight excluding hydrogens is 777 g/mol. The number of hydrogen-bond donors (Lipinski definition) is 3. The Labute approximate surface area is 356 Å². The molecule has 3 aromatic heterocycles. The van der Waals surface area contributed by atoms with Gasteiger partial charge in [-0.15, -0.1) is 10.2 Å². The number of fused-ring (bicyclic) bond motifs is 1. The SMILES string of the molecule is CC1=C(c2ccc(N(CCCCCN=[N+]=[N-])c3cc(C)c(Nc4nc5ccccc5s4)nn3)nc2C(=O)O)CNN1CC12CC3(C)CC(C)(C1)CC(OCCN(C)C)(C3)C2. The van der Waals surface area contributed by atoms with E-state index >= 15 is 0 Å². The van der Waals surface area contributed by atoms with Gasteiger partial charge < -0.3 is 30.0 Å². The Balaban J connectivity index is 1.05. The van der Waals surface area contributed by atoms with E-state index < -0.39 is 5.97 Å². The first kappa shape index (κ1) is 41.9. The molecule has 1 aromatic carbocycles. The topological polar surface area (TPSA) is 181 Å². The number of nitrogens with one attached hydrogen (secondary N) is 2. The molecule has 15 nitrogen and oxygen atoms in total. The number of nitrogens with zero attached hydrogens (tertiary/aromatic N) is 10. The lowest BCUT2D eigenvalue weighted by Gasteiger charge is -2.69. The van der Waals surface area contributed by atoms with Crippen molar-refractivity contribution in [1.29, 1.82) is 0 Å². The standard InChI is InChI=1S/C44H58N12O3S/c1-29-20-36(51-52-38(29)50-40-48-33-12-8-9-13-34(33)60-40)55(17-11-7-10-16-46-53-45)35-15-14-31(37(49-35)39(57)58)32-21-47-56(30(32)2)28-43-23-41(3)22-42(4,24-43)26-44(25-41,27-43)59-19-18-54(5)6/h8-9,12-15,20,47H,7,10-11,16-19,21-28H2,1-6H3,(H,57,58)(H,48,50,52). The van der Waals surface area contributed by atoms with Crippen molar-refractivity contribution in [1.82, 2.24) is 35.5 Å². The lowest BCUT2D eigenvalue weighted by molar-refractivity contribution is -0.248. The van der Waals surface area contributed by atoms with Crippen LogP contribution >= 0.6 is 11.3 Å². The maximum absolute atomic E-state index is 13.1.